The fourth-order valence-electron chi connectivity index (χ4n) is 2.70. The lowest BCUT2D eigenvalue weighted by atomic mass is 9.96. The Labute approximate surface area is 166 Å². The van der Waals surface area contributed by atoms with Crippen molar-refractivity contribution in [2.24, 2.45) is 4.99 Å². The van der Waals surface area contributed by atoms with Crippen molar-refractivity contribution in [1.82, 2.24) is 15.5 Å². The molecule has 2 N–H and O–H groups in total. The van der Waals surface area contributed by atoms with Crippen LogP contribution in [0.4, 0.5) is 4.39 Å². The standard InChI is InChI=1S/C18H27FN4O.HI/c1-23(2)17(24)13-21-18(22-15-9-4-3-5-10-15)20-12-14-8-6-7-11-16(14)19;/h6-8,11,15H,3-5,9-10,12-13H2,1-2H3,(H2,20,21,22);1H. The lowest BCUT2D eigenvalue weighted by Crippen LogP contribution is -2.47. The second-order valence-electron chi connectivity index (χ2n) is 6.38. The minimum Gasteiger partial charge on any atom is -0.354 e. The Morgan fingerprint density at radius 2 is 1.92 bits per heavy atom. The topological polar surface area (TPSA) is 56.7 Å². The van der Waals surface area contributed by atoms with Gasteiger partial charge in [0, 0.05) is 25.7 Å². The summed E-state index contributed by atoms with van der Waals surface area (Å²) in [6.07, 6.45) is 5.88. The molecule has 1 aromatic rings. The zero-order valence-corrected chi connectivity index (χ0v) is 17.3. The van der Waals surface area contributed by atoms with Crippen LogP contribution in [0.25, 0.3) is 0 Å². The van der Waals surface area contributed by atoms with Crippen molar-refractivity contribution in [2.45, 2.75) is 44.7 Å². The van der Waals surface area contributed by atoms with Gasteiger partial charge in [0.1, 0.15) is 5.82 Å². The third-order valence-corrected chi connectivity index (χ3v) is 4.22. The van der Waals surface area contributed by atoms with Gasteiger partial charge in [-0.2, -0.15) is 0 Å². The van der Waals surface area contributed by atoms with Crippen LogP contribution >= 0.6 is 24.0 Å². The molecule has 0 saturated heterocycles. The molecule has 1 fully saturated rings. The number of guanidine groups is 1. The first-order valence-corrected chi connectivity index (χ1v) is 8.54. The maximum atomic E-state index is 13.7. The van der Waals surface area contributed by atoms with E-state index in [0.29, 0.717) is 17.6 Å². The summed E-state index contributed by atoms with van der Waals surface area (Å²) in [4.78, 5) is 17.8. The fourth-order valence-corrected chi connectivity index (χ4v) is 2.70. The number of nitrogens with one attached hydrogen (secondary N) is 2. The first-order valence-electron chi connectivity index (χ1n) is 8.54. The summed E-state index contributed by atoms with van der Waals surface area (Å²) in [6.45, 7) is 0.410. The number of likely N-dealkylation sites (N-methyl/N-ethyl adjacent to an activating group) is 1. The molecule has 0 unspecified atom stereocenters. The van der Waals surface area contributed by atoms with Gasteiger partial charge in [-0.1, -0.05) is 37.5 Å². The predicted octanol–water partition coefficient (Wildman–Crippen LogP) is 2.90. The molecule has 140 valence electrons. The number of halogens is 2. The first-order chi connectivity index (χ1) is 11.6. The average Bonchev–Trinajstić information content (AvgIpc) is 2.59. The normalized spacial score (nSPS) is 15.2. The maximum absolute atomic E-state index is 13.7. The Morgan fingerprint density at radius 3 is 2.56 bits per heavy atom. The molecule has 1 saturated carbocycles. The molecule has 2 rings (SSSR count). The fraction of sp³-hybridized carbons (Fsp3) is 0.556. The molecule has 7 heteroatoms. The van der Waals surface area contributed by atoms with Gasteiger partial charge in [-0.05, 0) is 18.9 Å². The number of benzene rings is 1. The Morgan fingerprint density at radius 1 is 1.24 bits per heavy atom. The van der Waals surface area contributed by atoms with Gasteiger partial charge in [0.25, 0.3) is 0 Å². The number of carbonyl (C=O) groups is 1. The monoisotopic (exact) mass is 462 g/mol. The van der Waals surface area contributed by atoms with Gasteiger partial charge in [0.05, 0.1) is 13.1 Å². The van der Waals surface area contributed by atoms with Crippen LogP contribution in [0.1, 0.15) is 37.7 Å². The van der Waals surface area contributed by atoms with Gasteiger partial charge in [0.2, 0.25) is 5.91 Å². The van der Waals surface area contributed by atoms with Crippen LogP contribution in [-0.2, 0) is 11.3 Å². The van der Waals surface area contributed by atoms with Crippen LogP contribution in [0.2, 0.25) is 0 Å². The molecule has 1 aliphatic rings. The Bertz CT molecular complexity index is 574. The molecule has 0 bridgehead atoms. The number of hydrogen-bond acceptors (Lipinski definition) is 2. The summed E-state index contributed by atoms with van der Waals surface area (Å²) in [6, 6.07) is 6.98. The van der Waals surface area contributed by atoms with E-state index in [1.54, 1.807) is 32.3 Å². The summed E-state index contributed by atoms with van der Waals surface area (Å²) in [5, 5.41) is 6.45. The van der Waals surface area contributed by atoms with E-state index < -0.39 is 0 Å². The summed E-state index contributed by atoms with van der Waals surface area (Å²) in [5.41, 5.74) is 0.543. The highest BCUT2D eigenvalue weighted by Gasteiger charge is 2.15. The highest BCUT2D eigenvalue weighted by Crippen LogP contribution is 2.17. The molecule has 0 atom stereocenters. The zero-order chi connectivity index (χ0) is 17.4. The Kier molecular flexibility index (Phi) is 9.77. The molecule has 1 aromatic carbocycles. The van der Waals surface area contributed by atoms with Gasteiger partial charge in [-0.25, -0.2) is 9.38 Å². The van der Waals surface area contributed by atoms with E-state index in [9.17, 15) is 9.18 Å². The number of rotatable bonds is 5. The van der Waals surface area contributed by atoms with Crippen LogP contribution in [0, 0.1) is 5.82 Å². The minimum absolute atomic E-state index is 0. The van der Waals surface area contributed by atoms with Crippen molar-refractivity contribution in [1.29, 1.82) is 0 Å². The van der Waals surface area contributed by atoms with E-state index in [2.05, 4.69) is 15.6 Å². The van der Waals surface area contributed by atoms with Gasteiger partial charge >= 0.3 is 0 Å². The van der Waals surface area contributed by atoms with E-state index in [-0.39, 0.29) is 48.8 Å². The average molecular weight is 462 g/mol. The third kappa shape index (κ3) is 7.58. The summed E-state index contributed by atoms with van der Waals surface area (Å²) in [7, 11) is 3.43. The van der Waals surface area contributed by atoms with Gasteiger partial charge < -0.3 is 15.5 Å². The molecule has 0 aromatic heterocycles. The van der Waals surface area contributed by atoms with Crippen molar-refractivity contribution in [3.63, 3.8) is 0 Å². The second-order valence-corrected chi connectivity index (χ2v) is 6.38. The largest absolute Gasteiger partial charge is 0.354 e. The predicted molar refractivity (Wildman–Crippen MR) is 110 cm³/mol. The smallest absolute Gasteiger partial charge is 0.241 e. The van der Waals surface area contributed by atoms with Crippen LogP contribution < -0.4 is 10.6 Å². The zero-order valence-electron chi connectivity index (χ0n) is 14.9. The van der Waals surface area contributed by atoms with E-state index in [1.807, 2.05) is 0 Å². The highest BCUT2D eigenvalue weighted by atomic mass is 127. The van der Waals surface area contributed by atoms with Crippen LogP contribution in [0.5, 0.6) is 0 Å². The molecule has 5 nitrogen and oxygen atoms in total. The van der Waals surface area contributed by atoms with Gasteiger partial charge in [-0.15, -0.1) is 24.0 Å². The number of nitrogens with zero attached hydrogens (tertiary/aromatic N) is 2. The number of aliphatic imine (C=N–C) groups is 1. The maximum Gasteiger partial charge on any atom is 0.241 e. The molecule has 1 amide bonds. The lowest BCUT2D eigenvalue weighted by Gasteiger charge is -2.25. The first kappa shape index (κ1) is 21.7. The number of carbonyl (C=O) groups excluding carboxylic acids is 1. The second kappa shape index (κ2) is 11.3. The van der Waals surface area contributed by atoms with Gasteiger partial charge in [-0.3, -0.25) is 4.79 Å². The van der Waals surface area contributed by atoms with Crippen LogP contribution in [0.15, 0.2) is 29.3 Å². The van der Waals surface area contributed by atoms with Crippen LogP contribution in [0.3, 0.4) is 0 Å². The minimum atomic E-state index is -0.261. The summed E-state index contributed by atoms with van der Waals surface area (Å²) < 4.78 is 13.7. The quantitative estimate of drug-likeness (QED) is 0.402. The SMILES string of the molecule is CN(C)C(=O)CNC(=NCc1ccccc1F)NC1CCCCC1.I. The highest BCUT2D eigenvalue weighted by molar-refractivity contribution is 14.0. The number of amides is 1. The molecule has 0 heterocycles. The van der Waals surface area contributed by atoms with Crippen LogP contribution in [-0.4, -0.2) is 43.4 Å². The Hall–Kier alpha value is -1.38. The van der Waals surface area contributed by atoms with Crippen molar-refractivity contribution in [2.75, 3.05) is 20.6 Å². The van der Waals surface area contributed by atoms with Crippen molar-refractivity contribution in [3.8, 4) is 0 Å². The molecular formula is C18H28FIN4O. The molecular weight excluding hydrogens is 434 g/mol. The van der Waals surface area contributed by atoms with E-state index in [1.165, 1.54) is 30.2 Å². The lowest BCUT2D eigenvalue weighted by molar-refractivity contribution is -0.127. The summed E-state index contributed by atoms with van der Waals surface area (Å²) in [5.74, 6) is 0.280. The molecule has 25 heavy (non-hydrogen) atoms. The van der Waals surface area contributed by atoms with Crippen molar-refractivity contribution >= 4 is 35.8 Å². The molecule has 1 aliphatic carbocycles. The molecule has 0 spiro atoms. The molecule has 0 aliphatic heterocycles. The van der Waals surface area contributed by atoms with E-state index in [0.717, 1.165) is 12.8 Å². The van der Waals surface area contributed by atoms with E-state index in [4.69, 9.17) is 0 Å². The van der Waals surface area contributed by atoms with Gasteiger partial charge in [0.15, 0.2) is 5.96 Å². The molecule has 0 radical (unpaired) electrons. The summed E-state index contributed by atoms with van der Waals surface area (Å²) >= 11 is 0. The third-order valence-electron chi connectivity index (χ3n) is 4.22. The number of hydrogen-bond donors (Lipinski definition) is 2. The van der Waals surface area contributed by atoms with E-state index >= 15 is 0 Å². The van der Waals surface area contributed by atoms with Crippen molar-refractivity contribution < 1.29 is 9.18 Å². The Balaban J connectivity index is 0.00000312. The van der Waals surface area contributed by atoms with Crippen molar-refractivity contribution in [3.05, 3.63) is 35.6 Å².